The summed E-state index contributed by atoms with van der Waals surface area (Å²) < 4.78 is 33.2. The average Bonchev–Trinajstić information content (AvgIpc) is 3.66. The summed E-state index contributed by atoms with van der Waals surface area (Å²) in [6.45, 7) is 3.55. The van der Waals surface area contributed by atoms with Crippen LogP contribution >= 0.6 is 7.82 Å². The molecular formula is C77H134NO8P. The van der Waals surface area contributed by atoms with Crippen LogP contribution < -0.4 is 5.73 Å². The minimum atomic E-state index is -4.40. The number of carbonyl (C=O) groups excluding carboxylic acids is 2. The van der Waals surface area contributed by atoms with Gasteiger partial charge in [0.15, 0.2) is 6.10 Å². The predicted octanol–water partition coefficient (Wildman–Crippen LogP) is 23.9. The first-order valence-electron chi connectivity index (χ1n) is 36.0. The summed E-state index contributed by atoms with van der Waals surface area (Å²) in [5, 5.41) is 0. The molecule has 0 aliphatic heterocycles. The van der Waals surface area contributed by atoms with Gasteiger partial charge in [-0.25, -0.2) is 4.57 Å². The van der Waals surface area contributed by atoms with Crippen molar-refractivity contribution in [2.24, 2.45) is 5.73 Å². The van der Waals surface area contributed by atoms with E-state index in [4.69, 9.17) is 24.3 Å². The summed E-state index contributed by atoms with van der Waals surface area (Å²) in [4.78, 5) is 35.4. The summed E-state index contributed by atoms with van der Waals surface area (Å²) in [5.74, 6) is -0.822. The lowest BCUT2D eigenvalue weighted by Gasteiger charge is -2.19. The second-order valence-electron chi connectivity index (χ2n) is 23.7. The van der Waals surface area contributed by atoms with Crippen molar-refractivity contribution in [3.63, 3.8) is 0 Å². The third kappa shape index (κ3) is 71.4. The highest BCUT2D eigenvalue weighted by molar-refractivity contribution is 7.47. The summed E-state index contributed by atoms with van der Waals surface area (Å²) in [5.41, 5.74) is 5.41. The van der Waals surface area contributed by atoms with Gasteiger partial charge < -0.3 is 20.1 Å². The van der Waals surface area contributed by atoms with Crippen molar-refractivity contribution < 1.29 is 37.6 Å². The predicted molar refractivity (Wildman–Crippen MR) is 376 cm³/mol. The number of hydrogen-bond acceptors (Lipinski definition) is 8. The molecule has 0 saturated carbocycles. The van der Waals surface area contributed by atoms with Crippen molar-refractivity contribution in [2.75, 3.05) is 26.4 Å². The molecule has 0 amide bonds. The van der Waals surface area contributed by atoms with E-state index in [0.717, 1.165) is 103 Å². The molecule has 2 unspecified atom stereocenters. The monoisotopic (exact) mass is 1230 g/mol. The Morgan fingerprint density at radius 1 is 0.345 bits per heavy atom. The van der Waals surface area contributed by atoms with Gasteiger partial charge in [-0.1, -0.05) is 328 Å². The fraction of sp³-hybridized carbons (Fsp3) is 0.714. The van der Waals surface area contributed by atoms with E-state index in [1.807, 2.05) is 0 Å². The molecule has 0 heterocycles. The van der Waals surface area contributed by atoms with Crippen LogP contribution in [-0.4, -0.2) is 49.3 Å². The minimum absolute atomic E-state index is 0.0500. The van der Waals surface area contributed by atoms with Crippen LogP contribution in [0.15, 0.2) is 122 Å². The van der Waals surface area contributed by atoms with E-state index in [9.17, 15) is 19.0 Å². The molecule has 0 rings (SSSR count). The number of carbonyl (C=O) groups is 2. The lowest BCUT2D eigenvalue weighted by Crippen LogP contribution is -2.29. The van der Waals surface area contributed by atoms with Gasteiger partial charge in [0.1, 0.15) is 6.61 Å². The number of phosphoric ester groups is 1. The third-order valence-electron chi connectivity index (χ3n) is 15.3. The molecule has 3 N–H and O–H groups in total. The molecular weight excluding hydrogens is 1100 g/mol. The van der Waals surface area contributed by atoms with Crippen LogP contribution in [0, 0.1) is 0 Å². The zero-order valence-corrected chi connectivity index (χ0v) is 57.1. The first-order valence-corrected chi connectivity index (χ1v) is 37.5. The van der Waals surface area contributed by atoms with Gasteiger partial charge >= 0.3 is 19.8 Å². The zero-order chi connectivity index (χ0) is 63.0. The SMILES string of the molecule is CC/C=C\C/C=C\C/C=C\C/C=C\C/C=C\C/C=C\CCCCCCCCCCCCCCC(=O)OC(COC(=O)CCCCCCCCCCCCCCCCCCCCCCCC/C=C\C/C=C\C/C=C\C/C=C\CC)COP(=O)(O)OCCN. The van der Waals surface area contributed by atoms with Gasteiger partial charge in [0, 0.05) is 19.4 Å². The molecule has 0 aromatic carbocycles. The molecule has 87 heavy (non-hydrogen) atoms. The maximum Gasteiger partial charge on any atom is 0.472 e. The Bertz CT molecular complexity index is 1840. The van der Waals surface area contributed by atoms with Crippen LogP contribution in [0.25, 0.3) is 0 Å². The summed E-state index contributed by atoms with van der Waals surface area (Å²) in [6.07, 6.45) is 100. The molecule has 0 spiro atoms. The molecule has 0 aromatic heterocycles. The Kier molecular flexibility index (Phi) is 68.5. The highest BCUT2D eigenvalue weighted by Crippen LogP contribution is 2.43. The number of rotatable bonds is 67. The molecule has 500 valence electrons. The molecule has 0 aromatic rings. The Morgan fingerprint density at radius 2 is 0.598 bits per heavy atom. The van der Waals surface area contributed by atoms with Gasteiger partial charge in [-0.3, -0.25) is 18.6 Å². The number of unbranched alkanes of at least 4 members (excludes halogenated alkanes) is 34. The Morgan fingerprint density at radius 3 is 0.885 bits per heavy atom. The van der Waals surface area contributed by atoms with E-state index < -0.39 is 26.5 Å². The van der Waals surface area contributed by atoms with Crippen LogP contribution in [0.2, 0.25) is 0 Å². The number of ether oxygens (including phenoxy) is 2. The smallest absolute Gasteiger partial charge is 0.462 e. The standard InChI is InChI=1S/C77H134NO8P/c1-3-5-7-9-11-13-15-17-19-21-23-25-27-29-31-33-35-36-37-38-40-41-43-45-47-49-51-53-55-57-59-61-63-65-67-69-76(79)83-73-75(74-85-87(81,82)84-72-71-78)86-77(80)70-68-66-64-62-60-58-56-54-52-50-48-46-44-42-39-34-32-30-28-26-24-22-20-18-16-14-12-10-8-6-4-2/h5-8,11-14,17-20,23-26,30,32,39,42,75H,3-4,9-10,15-16,21-22,27-29,31,33-38,40-41,43-74,78H2,1-2H3,(H,81,82)/b7-5-,8-6-,13-11-,14-12-,19-17-,20-18-,25-23-,26-24-,32-30-,42-39-. The number of allylic oxidation sites excluding steroid dienone is 20. The fourth-order valence-electron chi connectivity index (χ4n) is 10.1. The average molecular weight is 1230 g/mol. The molecule has 0 fully saturated rings. The summed E-state index contributed by atoms with van der Waals surface area (Å²) in [6, 6.07) is 0. The Labute approximate surface area is 536 Å². The minimum Gasteiger partial charge on any atom is -0.462 e. The van der Waals surface area contributed by atoms with Gasteiger partial charge in [0.2, 0.25) is 0 Å². The lowest BCUT2D eigenvalue weighted by atomic mass is 10.0. The van der Waals surface area contributed by atoms with Crippen LogP contribution in [0.1, 0.15) is 322 Å². The van der Waals surface area contributed by atoms with E-state index in [0.29, 0.717) is 6.42 Å². The van der Waals surface area contributed by atoms with E-state index >= 15 is 0 Å². The number of esters is 2. The first kappa shape index (κ1) is 83.4. The number of phosphoric acid groups is 1. The van der Waals surface area contributed by atoms with E-state index in [1.165, 1.54) is 186 Å². The molecule has 10 heteroatoms. The van der Waals surface area contributed by atoms with E-state index in [1.54, 1.807) is 0 Å². The Balaban J connectivity index is 3.86. The van der Waals surface area contributed by atoms with Gasteiger partial charge in [-0.2, -0.15) is 0 Å². The van der Waals surface area contributed by atoms with Gasteiger partial charge in [-0.15, -0.1) is 0 Å². The molecule has 2 atom stereocenters. The van der Waals surface area contributed by atoms with Crippen LogP contribution in [0.3, 0.4) is 0 Å². The second-order valence-corrected chi connectivity index (χ2v) is 25.1. The van der Waals surface area contributed by atoms with Crippen molar-refractivity contribution >= 4 is 19.8 Å². The van der Waals surface area contributed by atoms with E-state index in [-0.39, 0.29) is 38.6 Å². The second kappa shape index (κ2) is 71.5. The highest BCUT2D eigenvalue weighted by Gasteiger charge is 2.26. The zero-order valence-electron chi connectivity index (χ0n) is 56.2. The molecule has 0 bridgehead atoms. The molecule has 0 radical (unpaired) electrons. The topological polar surface area (TPSA) is 134 Å². The van der Waals surface area contributed by atoms with Crippen molar-refractivity contribution in [1.29, 1.82) is 0 Å². The number of hydrogen-bond donors (Lipinski definition) is 2. The van der Waals surface area contributed by atoms with Crippen molar-refractivity contribution in [2.45, 2.75) is 328 Å². The summed E-state index contributed by atoms with van der Waals surface area (Å²) in [7, 11) is -4.40. The summed E-state index contributed by atoms with van der Waals surface area (Å²) >= 11 is 0. The van der Waals surface area contributed by atoms with Crippen molar-refractivity contribution in [1.82, 2.24) is 0 Å². The maximum atomic E-state index is 12.8. The lowest BCUT2D eigenvalue weighted by molar-refractivity contribution is -0.161. The van der Waals surface area contributed by atoms with Crippen LogP contribution in [0.5, 0.6) is 0 Å². The highest BCUT2D eigenvalue weighted by atomic mass is 31.2. The fourth-order valence-corrected chi connectivity index (χ4v) is 10.9. The van der Waals surface area contributed by atoms with Crippen molar-refractivity contribution in [3.05, 3.63) is 122 Å². The molecule has 0 aliphatic carbocycles. The van der Waals surface area contributed by atoms with Crippen molar-refractivity contribution in [3.8, 4) is 0 Å². The molecule has 0 aliphatic rings. The third-order valence-corrected chi connectivity index (χ3v) is 16.3. The quantitative estimate of drug-likeness (QED) is 0.0264. The van der Waals surface area contributed by atoms with Gasteiger partial charge in [0.25, 0.3) is 0 Å². The van der Waals surface area contributed by atoms with Crippen LogP contribution in [0.4, 0.5) is 0 Å². The molecule has 0 saturated heterocycles. The van der Waals surface area contributed by atoms with Crippen LogP contribution in [-0.2, 0) is 32.7 Å². The maximum absolute atomic E-state index is 12.8. The molecule has 9 nitrogen and oxygen atoms in total. The van der Waals surface area contributed by atoms with E-state index in [2.05, 4.69) is 135 Å². The Hall–Kier alpha value is -3.59. The largest absolute Gasteiger partial charge is 0.472 e. The van der Waals surface area contributed by atoms with Gasteiger partial charge in [0.05, 0.1) is 13.2 Å². The number of nitrogens with two attached hydrogens (primary N) is 1. The first-order chi connectivity index (χ1) is 42.8. The van der Waals surface area contributed by atoms with Gasteiger partial charge in [-0.05, 0) is 103 Å². The normalized spacial score (nSPS) is 13.7.